The third kappa shape index (κ3) is 2.46. The Balaban J connectivity index is 1.93. The normalized spacial score (nSPS) is 18.1. The first kappa shape index (κ1) is 12.2. The van der Waals surface area contributed by atoms with Gasteiger partial charge in [-0.15, -0.1) is 0 Å². The highest BCUT2D eigenvalue weighted by molar-refractivity contribution is 5.32. The standard InChI is InChI=1S/C16H18N2O/c1-12-9-10-16(19)18(17-12)11-14-7-4-6-13-5-2-3-8-15(13)14/h2-3,5,8-10,14H,4,6-7,11H2,1H3. The predicted octanol–water partition coefficient (Wildman–Crippen LogP) is 2.67. The van der Waals surface area contributed by atoms with Crippen molar-refractivity contribution in [3.8, 4) is 0 Å². The zero-order chi connectivity index (χ0) is 13.2. The molecule has 2 aromatic rings. The zero-order valence-electron chi connectivity index (χ0n) is 11.2. The van der Waals surface area contributed by atoms with Crippen LogP contribution in [0, 0.1) is 6.92 Å². The van der Waals surface area contributed by atoms with Crippen LogP contribution in [0.15, 0.2) is 41.2 Å². The van der Waals surface area contributed by atoms with E-state index in [4.69, 9.17) is 0 Å². The average Bonchev–Trinajstić information content (AvgIpc) is 2.43. The molecular weight excluding hydrogens is 236 g/mol. The van der Waals surface area contributed by atoms with Crippen molar-refractivity contribution < 1.29 is 0 Å². The lowest BCUT2D eigenvalue weighted by molar-refractivity contribution is 0.441. The minimum atomic E-state index is -0.00588. The molecule has 1 unspecified atom stereocenters. The van der Waals surface area contributed by atoms with Gasteiger partial charge in [-0.2, -0.15) is 5.10 Å². The predicted molar refractivity (Wildman–Crippen MR) is 75.4 cm³/mol. The van der Waals surface area contributed by atoms with Crippen LogP contribution < -0.4 is 5.56 Å². The largest absolute Gasteiger partial charge is 0.268 e. The molecule has 19 heavy (non-hydrogen) atoms. The molecule has 0 bridgehead atoms. The van der Waals surface area contributed by atoms with Gasteiger partial charge in [-0.25, -0.2) is 4.68 Å². The highest BCUT2D eigenvalue weighted by Gasteiger charge is 2.20. The molecule has 0 N–H and O–H groups in total. The summed E-state index contributed by atoms with van der Waals surface area (Å²) >= 11 is 0. The van der Waals surface area contributed by atoms with E-state index in [9.17, 15) is 4.79 Å². The molecule has 1 aliphatic carbocycles. The van der Waals surface area contributed by atoms with Gasteiger partial charge < -0.3 is 0 Å². The van der Waals surface area contributed by atoms with Crippen molar-refractivity contribution in [1.82, 2.24) is 9.78 Å². The number of nitrogens with zero attached hydrogens (tertiary/aromatic N) is 2. The molecule has 0 aliphatic heterocycles. The zero-order valence-corrected chi connectivity index (χ0v) is 11.2. The lowest BCUT2D eigenvalue weighted by atomic mass is 9.83. The van der Waals surface area contributed by atoms with E-state index in [1.807, 2.05) is 6.92 Å². The summed E-state index contributed by atoms with van der Waals surface area (Å²) in [6, 6.07) is 12.0. The molecule has 1 heterocycles. The van der Waals surface area contributed by atoms with Gasteiger partial charge in [0.05, 0.1) is 12.2 Å². The van der Waals surface area contributed by atoms with Gasteiger partial charge in [0.25, 0.3) is 5.56 Å². The minimum absolute atomic E-state index is 0.00588. The van der Waals surface area contributed by atoms with Gasteiger partial charge in [0.1, 0.15) is 0 Å². The smallest absolute Gasteiger partial charge is 0.266 e. The summed E-state index contributed by atoms with van der Waals surface area (Å²) < 4.78 is 1.61. The molecule has 1 aromatic carbocycles. The van der Waals surface area contributed by atoms with E-state index in [-0.39, 0.29) is 5.56 Å². The molecule has 3 heteroatoms. The van der Waals surface area contributed by atoms with Crippen LogP contribution >= 0.6 is 0 Å². The van der Waals surface area contributed by atoms with E-state index in [1.165, 1.54) is 17.5 Å². The molecule has 98 valence electrons. The molecule has 0 saturated carbocycles. The first-order chi connectivity index (χ1) is 9.24. The minimum Gasteiger partial charge on any atom is -0.268 e. The Hall–Kier alpha value is -1.90. The molecule has 1 aliphatic rings. The lowest BCUT2D eigenvalue weighted by Crippen LogP contribution is -2.27. The third-order valence-electron chi connectivity index (χ3n) is 3.89. The van der Waals surface area contributed by atoms with E-state index < -0.39 is 0 Å². The number of fused-ring (bicyclic) bond motifs is 1. The van der Waals surface area contributed by atoms with Gasteiger partial charge >= 0.3 is 0 Å². The molecule has 0 fully saturated rings. The molecular formula is C16H18N2O. The second-order valence-corrected chi connectivity index (χ2v) is 5.28. The first-order valence-electron chi connectivity index (χ1n) is 6.86. The number of benzene rings is 1. The molecule has 3 rings (SSSR count). The van der Waals surface area contributed by atoms with E-state index >= 15 is 0 Å². The first-order valence-corrected chi connectivity index (χ1v) is 6.86. The SMILES string of the molecule is Cc1ccc(=O)n(CC2CCCc3ccccc32)n1. The van der Waals surface area contributed by atoms with E-state index in [2.05, 4.69) is 29.4 Å². The van der Waals surface area contributed by atoms with Crippen LogP contribution in [0.2, 0.25) is 0 Å². The van der Waals surface area contributed by atoms with Crippen molar-refractivity contribution in [2.45, 2.75) is 38.6 Å². The fourth-order valence-electron chi connectivity index (χ4n) is 2.93. The van der Waals surface area contributed by atoms with Crippen LogP contribution in [0.1, 0.15) is 35.6 Å². The quantitative estimate of drug-likeness (QED) is 0.826. The molecule has 1 atom stereocenters. The maximum absolute atomic E-state index is 11.9. The third-order valence-corrected chi connectivity index (χ3v) is 3.89. The summed E-state index contributed by atoms with van der Waals surface area (Å²) in [6.07, 6.45) is 3.49. The van der Waals surface area contributed by atoms with Crippen LogP contribution in [-0.2, 0) is 13.0 Å². The number of hydrogen-bond donors (Lipinski definition) is 0. The van der Waals surface area contributed by atoms with Crippen molar-refractivity contribution in [2.24, 2.45) is 0 Å². The van der Waals surface area contributed by atoms with Crippen molar-refractivity contribution in [1.29, 1.82) is 0 Å². The summed E-state index contributed by atoms with van der Waals surface area (Å²) in [6.45, 7) is 2.61. The molecule has 0 saturated heterocycles. The summed E-state index contributed by atoms with van der Waals surface area (Å²) in [7, 11) is 0. The van der Waals surface area contributed by atoms with Gasteiger partial charge in [0, 0.05) is 12.0 Å². The summed E-state index contributed by atoms with van der Waals surface area (Å²) in [5, 5.41) is 4.34. The highest BCUT2D eigenvalue weighted by atomic mass is 16.1. The second-order valence-electron chi connectivity index (χ2n) is 5.28. The second kappa shape index (κ2) is 5.00. The van der Waals surface area contributed by atoms with Gasteiger partial charge in [-0.3, -0.25) is 4.79 Å². The van der Waals surface area contributed by atoms with Crippen molar-refractivity contribution in [2.75, 3.05) is 0 Å². The van der Waals surface area contributed by atoms with Gasteiger partial charge in [0.15, 0.2) is 0 Å². The van der Waals surface area contributed by atoms with Gasteiger partial charge in [-0.05, 0) is 43.4 Å². The number of rotatable bonds is 2. The maximum Gasteiger partial charge on any atom is 0.266 e. The van der Waals surface area contributed by atoms with Crippen LogP contribution in [-0.4, -0.2) is 9.78 Å². The van der Waals surface area contributed by atoms with Crippen molar-refractivity contribution >= 4 is 0 Å². The van der Waals surface area contributed by atoms with Crippen molar-refractivity contribution in [3.63, 3.8) is 0 Å². The maximum atomic E-state index is 11.9. The Labute approximate surface area is 112 Å². The fourth-order valence-corrected chi connectivity index (χ4v) is 2.93. The summed E-state index contributed by atoms with van der Waals surface area (Å²) in [5.74, 6) is 0.414. The fraction of sp³-hybridized carbons (Fsp3) is 0.375. The molecule has 1 aromatic heterocycles. The van der Waals surface area contributed by atoms with E-state index in [0.29, 0.717) is 12.5 Å². The Kier molecular flexibility index (Phi) is 3.20. The van der Waals surface area contributed by atoms with Gasteiger partial charge in [0.2, 0.25) is 0 Å². The van der Waals surface area contributed by atoms with Gasteiger partial charge in [-0.1, -0.05) is 24.3 Å². The Morgan fingerprint density at radius 2 is 2.11 bits per heavy atom. The molecule has 0 spiro atoms. The van der Waals surface area contributed by atoms with E-state index in [1.54, 1.807) is 16.8 Å². The lowest BCUT2D eigenvalue weighted by Gasteiger charge is -2.25. The molecule has 3 nitrogen and oxygen atoms in total. The Bertz CT molecular complexity index is 645. The highest BCUT2D eigenvalue weighted by Crippen LogP contribution is 2.32. The Morgan fingerprint density at radius 1 is 1.26 bits per heavy atom. The average molecular weight is 254 g/mol. The van der Waals surface area contributed by atoms with Crippen LogP contribution in [0.3, 0.4) is 0 Å². The number of aryl methyl sites for hydroxylation is 2. The topological polar surface area (TPSA) is 34.9 Å². The van der Waals surface area contributed by atoms with E-state index in [0.717, 1.165) is 18.5 Å². The van der Waals surface area contributed by atoms with Crippen LogP contribution in [0.4, 0.5) is 0 Å². The molecule has 0 amide bonds. The summed E-state index contributed by atoms with van der Waals surface area (Å²) in [5.41, 5.74) is 3.71. The summed E-state index contributed by atoms with van der Waals surface area (Å²) in [4.78, 5) is 11.9. The number of aromatic nitrogens is 2. The van der Waals surface area contributed by atoms with Crippen molar-refractivity contribution in [3.05, 3.63) is 63.6 Å². The van der Waals surface area contributed by atoms with Crippen LogP contribution in [0.5, 0.6) is 0 Å². The molecule has 0 radical (unpaired) electrons. The monoisotopic (exact) mass is 254 g/mol. The Morgan fingerprint density at radius 3 is 3.00 bits per heavy atom. The number of hydrogen-bond acceptors (Lipinski definition) is 2. The van der Waals surface area contributed by atoms with Crippen LogP contribution in [0.25, 0.3) is 0 Å².